The Kier molecular flexibility index (Phi) is 4.41. The van der Waals surface area contributed by atoms with Crippen LogP contribution in [0.2, 0.25) is 0 Å². The number of carbonyl (C=O) groups is 2. The second kappa shape index (κ2) is 6.23. The minimum atomic E-state index is -1.31. The van der Waals surface area contributed by atoms with Crippen molar-refractivity contribution in [3.8, 4) is 0 Å². The van der Waals surface area contributed by atoms with Gasteiger partial charge in [-0.1, -0.05) is 0 Å². The van der Waals surface area contributed by atoms with Crippen LogP contribution in [0.4, 0.5) is 5.69 Å². The molecule has 24 heavy (non-hydrogen) atoms. The molecule has 128 valence electrons. The number of fused-ring (bicyclic) bond motifs is 1. The van der Waals surface area contributed by atoms with E-state index in [1.807, 2.05) is 0 Å². The number of esters is 1. The fourth-order valence-electron chi connectivity index (χ4n) is 2.56. The lowest BCUT2D eigenvalue weighted by Gasteiger charge is -2.51. The summed E-state index contributed by atoms with van der Waals surface area (Å²) in [7, 11) is 0. The van der Waals surface area contributed by atoms with E-state index in [0.717, 1.165) is 0 Å². The molecule has 8 nitrogen and oxygen atoms in total. The molecule has 0 saturated carbocycles. The normalized spacial score (nSPS) is 28.8. The van der Waals surface area contributed by atoms with Gasteiger partial charge in [-0.15, -0.1) is 23.4 Å². The molecule has 1 amide bonds. The van der Waals surface area contributed by atoms with Crippen LogP contribution in [0.25, 0.3) is 0 Å². The molecule has 2 unspecified atom stereocenters. The lowest BCUT2D eigenvalue weighted by Crippen LogP contribution is -2.72. The summed E-state index contributed by atoms with van der Waals surface area (Å²) < 4.78 is 5.22. The minimum absolute atomic E-state index is 0.0405. The maximum absolute atomic E-state index is 12.3. The zero-order valence-electron chi connectivity index (χ0n) is 12.4. The number of hydrogen-bond donors (Lipinski definition) is 1. The number of halogens is 1. The van der Waals surface area contributed by atoms with Crippen LogP contribution in [-0.4, -0.2) is 50.3 Å². The smallest absolute Gasteiger partial charge is 0.330 e. The van der Waals surface area contributed by atoms with Crippen LogP contribution in [0.3, 0.4) is 0 Å². The van der Waals surface area contributed by atoms with Crippen molar-refractivity contribution in [2.75, 3.05) is 12.3 Å². The number of β-lactam (4-membered cyclic amide) rings is 1. The van der Waals surface area contributed by atoms with Crippen LogP contribution >= 0.6 is 23.4 Å². The predicted octanol–water partition coefficient (Wildman–Crippen LogP) is 0.858. The van der Waals surface area contributed by atoms with E-state index in [0.29, 0.717) is 11.3 Å². The number of carbonyl (C=O) groups excluding carboxylic acids is 2. The number of ether oxygens (including phenoxy) is 1. The van der Waals surface area contributed by atoms with E-state index in [1.54, 1.807) is 0 Å². The zero-order valence-corrected chi connectivity index (χ0v) is 14.0. The maximum atomic E-state index is 12.3. The summed E-state index contributed by atoms with van der Waals surface area (Å²) >= 11 is 7.71. The standard InChI is InChI=1S/C14H14ClN3O5S/c15-14(6-17-11(19)10(16)12(17)24-7-14)13(20)23-5-8-1-3-9(4-2-8)18(21)22/h1-4,10,12H,5-7,16H2/t10?,12-,14?/m1/s1. The highest BCUT2D eigenvalue weighted by Gasteiger charge is 2.55. The van der Waals surface area contributed by atoms with Crippen molar-refractivity contribution in [2.24, 2.45) is 5.73 Å². The lowest BCUT2D eigenvalue weighted by atomic mass is 10.0. The van der Waals surface area contributed by atoms with Crippen LogP contribution in [-0.2, 0) is 20.9 Å². The predicted molar refractivity (Wildman–Crippen MR) is 87.4 cm³/mol. The van der Waals surface area contributed by atoms with Gasteiger partial charge in [-0.05, 0) is 17.7 Å². The number of nitrogens with two attached hydrogens (primary N) is 1. The number of thioether (sulfide) groups is 1. The number of benzene rings is 1. The van der Waals surface area contributed by atoms with E-state index < -0.39 is 21.8 Å². The number of nitrogens with zero attached hydrogens (tertiary/aromatic N) is 2. The maximum Gasteiger partial charge on any atom is 0.330 e. The Morgan fingerprint density at radius 2 is 2.17 bits per heavy atom. The number of amides is 1. The lowest BCUT2D eigenvalue weighted by molar-refractivity contribution is -0.384. The van der Waals surface area contributed by atoms with E-state index in [-0.39, 0.29) is 30.1 Å². The Balaban J connectivity index is 1.58. The van der Waals surface area contributed by atoms with Crippen LogP contribution in [0.15, 0.2) is 24.3 Å². The molecule has 2 aliphatic rings. The van der Waals surface area contributed by atoms with Gasteiger partial charge in [0.15, 0.2) is 4.87 Å². The average Bonchev–Trinajstić information content (AvgIpc) is 2.59. The number of nitro benzene ring substituents is 1. The molecule has 0 aliphatic carbocycles. The largest absolute Gasteiger partial charge is 0.459 e. The molecule has 0 radical (unpaired) electrons. The van der Waals surface area contributed by atoms with Gasteiger partial charge in [0, 0.05) is 17.9 Å². The monoisotopic (exact) mass is 371 g/mol. The number of alkyl halides is 1. The highest BCUT2D eigenvalue weighted by atomic mass is 35.5. The van der Waals surface area contributed by atoms with E-state index in [2.05, 4.69) is 0 Å². The topological polar surface area (TPSA) is 116 Å². The average molecular weight is 372 g/mol. The SMILES string of the molecule is NC1C(=O)N2CC(Cl)(C(=O)OCc3ccc([N+](=O)[O-])cc3)CS[C@H]12. The van der Waals surface area contributed by atoms with Gasteiger partial charge in [-0.25, -0.2) is 0 Å². The van der Waals surface area contributed by atoms with Gasteiger partial charge >= 0.3 is 5.97 Å². The molecule has 0 aromatic heterocycles. The van der Waals surface area contributed by atoms with Crippen LogP contribution in [0, 0.1) is 10.1 Å². The fraction of sp³-hybridized carbons (Fsp3) is 0.429. The number of hydrogen-bond acceptors (Lipinski definition) is 7. The van der Waals surface area contributed by atoms with Crippen molar-refractivity contribution in [3.63, 3.8) is 0 Å². The van der Waals surface area contributed by atoms with Crippen molar-refractivity contribution in [3.05, 3.63) is 39.9 Å². The summed E-state index contributed by atoms with van der Waals surface area (Å²) in [5, 5.41) is 10.5. The molecule has 2 saturated heterocycles. The Labute approximate surface area is 146 Å². The van der Waals surface area contributed by atoms with Crippen molar-refractivity contribution in [2.45, 2.75) is 22.9 Å². The third-order valence-corrected chi connectivity index (χ3v) is 6.08. The molecule has 0 spiro atoms. The van der Waals surface area contributed by atoms with Crippen LogP contribution in [0.1, 0.15) is 5.56 Å². The second-order valence-corrected chi connectivity index (χ2v) is 7.49. The van der Waals surface area contributed by atoms with Gasteiger partial charge < -0.3 is 15.4 Å². The molecule has 1 aromatic carbocycles. The van der Waals surface area contributed by atoms with Crippen molar-refractivity contribution in [1.29, 1.82) is 0 Å². The molecule has 3 rings (SSSR count). The summed E-state index contributed by atoms with van der Waals surface area (Å²) in [5.74, 6) is -0.544. The molecular formula is C14H14ClN3O5S. The molecule has 2 heterocycles. The quantitative estimate of drug-likeness (QED) is 0.274. The second-order valence-electron chi connectivity index (χ2n) is 5.66. The fourth-order valence-corrected chi connectivity index (χ4v) is 4.26. The molecule has 1 aromatic rings. The first-order valence-electron chi connectivity index (χ1n) is 7.09. The van der Waals surface area contributed by atoms with Gasteiger partial charge in [0.25, 0.3) is 5.69 Å². The summed E-state index contributed by atoms with van der Waals surface area (Å²) in [6.07, 6.45) is 0. The number of nitro groups is 1. The van der Waals surface area contributed by atoms with E-state index in [4.69, 9.17) is 22.1 Å². The minimum Gasteiger partial charge on any atom is -0.459 e. The van der Waals surface area contributed by atoms with Gasteiger partial charge in [-0.3, -0.25) is 19.7 Å². The van der Waals surface area contributed by atoms with Crippen molar-refractivity contribution < 1.29 is 19.2 Å². The summed E-state index contributed by atoms with van der Waals surface area (Å²) in [6.45, 7) is 0.0186. The molecule has 0 bridgehead atoms. The first-order valence-corrected chi connectivity index (χ1v) is 8.52. The third kappa shape index (κ3) is 2.94. The third-order valence-electron chi connectivity index (χ3n) is 3.97. The van der Waals surface area contributed by atoms with E-state index >= 15 is 0 Å². The zero-order chi connectivity index (χ0) is 17.5. The molecule has 2 fully saturated rings. The highest BCUT2D eigenvalue weighted by Crippen LogP contribution is 2.40. The Hall–Kier alpha value is -1.84. The molecule has 10 heteroatoms. The molecule has 2 N–H and O–H groups in total. The Morgan fingerprint density at radius 1 is 1.50 bits per heavy atom. The van der Waals surface area contributed by atoms with Crippen molar-refractivity contribution >= 4 is 40.9 Å². The summed E-state index contributed by atoms with van der Waals surface area (Å²) in [6, 6.07) is 5.15. The van der Waals surface area contributed by atoms with Gasteiger partial charge in [-0.2, -0.15) is 0 Å². The number of non-ortho nitro benzene ring substituents is 1. The summed E-state index contributed by atoms with van der Waals surface area (Å²) in [5.41, 5.74) is 6.26. The van der Waals surface area contributed by atoms with E-state index in [1.165, 1.54) is 40.9 Å². The van der Waals surface area contributed by atoms with E-state index in [9.17, 15) is 19.7 Å². The molecule has 3 atom stereocenters. The van der Waals surface area contributed by atoms with Gasteiger partial charge in [0.2, 0.25) is 5.91 Å². The molecular weight excluding hydrogens is 358 g/mol. The van der Waals surface area contributed by atoms with Gasteiger partial charge in [0.05, 0.1) is 11.5 Å². The first-order chi connectivity index (χ1) is 11.3. The van der Waals surface area contributed by atoms with Crippen molar-refractivity contribution in [1.82, 2.24) is 4.90 Å². The van der Waals surface area contributed by atoms with Crippen LogP contribution < -0.4 is 5.73 Å². The Morgan fingerprint density at radius 3 is 2.79 bits per heavy atom. The molecule has 2 aliphatic heterocycles. The number of rotatable bonds is 4. The highest BCUT2D eigenvalue weighted by molar-refractivity contribution is 8.00. The van der Waals surface area contributed by atoms with Crippen LogP contribution in [0.5, 0.6) is 0 Å². The first kappa shape index (κ1) is 17.0. The Bertz CT molecular complexity index is 700. The van der Waals surface area contributed by atoms with Gasteiger partial charge in [0.1, 0.15) is 18.0 Å². The summed E-state index contributed by atoms with van der Waals surface area (Å²) in [4.78, 5) is 34.3.